The van der Waals surface area contributed by atoms with Crippen LogP contribution in [0.15, 0.2) is 45.2 Å². The summed E-state index contributed by atoms with van der Waals surface area (Å²) in [6.45, 7) is 4.01. The molecule has 2 rings (SSSR count). The molecule has 0 radical (unpaired) electrons. The Kier molecular flexibility index (Phi) is 5.59. The first-order valence-corrected chi connectivity index (χ1v) is 8.00. The normalized spacial score (nSPS) is 12.3. The highest BCUT2D eigenvalue weighted by atomic mass is 32.2. The van der Waals surface area contributed by atoms with Crippen molar-refractivity contribution in [1.29, 1.82) is 0 Å². The van der Waals surface area contributed by atoms with Gasteiger partial charge in [0.25, 0.3) is 5.56 Å². The smallest absolute Gasteiger partial charge is 0.251 e. The number of aliphatic hydroxyl groups excluding tert-OH is 1. The molecule has 0 bridgehead atoms. The second kappa shape index (κ2) is 7.43. The summed E-state index contributed by atoms with van der Waals surface area (Å²) in [7, 11) is 0. The van der Waals surface area contributed by atoms with Crippen LogP contribution in [0.5, 0.6) is 0 Å². The molecular formula is C16H20N2O2S. The van der Waals surface area contributed by atoms with Gasteiger partial charge < -0.3 is 10.1 Å². The quantitative estimate of drug-likeness (QED) is 0.804. The van der Waals surface area contributed by atoms with E-state index in [1.807, 2.05) is 31.2 Å². The van der Waals surface area contributed by atoms with Crippen molar-refractivity contribution in [3.63, 3.8) is 0 Å². The number of benzene rings is 1. The summed E-state index contributed by atoms with van der Waals surface area (Å²) in [4.78, 5) is 19.8. The molecule has 5 heteroatoms. The van der Waals surface area contributed by atoms with Gasteiger partial charge in [-0.3, -0.25) is 4.79 Å². The van der Waals surface area contributed by atoms with Crippen LogP contribution in [0.25, 0.3) is 0 Å². The Morgan fingerprint density at radius 3 is 2.62 bits per heavy atom. The van der Waals surface area contributed by atoms with Crippen LogP contribution in [0.1, 0.15) is 44.1 Å². The number of hydrogen-bond donors (Lipinski definition) is 2. The van der Waals surface area contributed by atoms with Crippen LogP contribution in [-0.4, -0.2) is 15.1 Å². The Morgan fingerprint density at radius 2 is 2.00 bits per heavy atom. The molecule has 0 aliphatic heterocycles. The number of aliphatic hydroxyl groups is 1. The van der Waals surface area contributed by atoms with Gasteiger partial charge in [0.05, 0.1) is 6.10 Å². The Balaban J connectivity index is 2.16. The molecule has 0 saturated carbocycles. The molecule has 112 valence electrons. The summed E-state index contributed by atoms with van der Waals surface area (Å²) < 4.78 is 0. The van der Waals surface area contributed by atoms with E-state index in [0.717, 1.165) is 29.0 Å². The van der Waals surface area contributed by atoms with E-state index in [4.69, 9.17) is 0 Å². The molecule has 21 heavy (non-hydrogen) atoms. The number of aryl methyl sites for hydroxylation is 1. The molecule has 1 aromatic heterocycles. The van der Waals surface area contributed by atoms with Crippen LogP contribution in [0, 0.1) is 0 Å². The van der Waals surface area contributed by atoms with E-state index in [1.165, 1.54) is 11.8 Å². The van der Waals surface area contributed by atoms with E-state index in [0.29, 0.717) is 11.6 Å². The Morgan fingerprint density at radius 1 is 1.29 bits per heavy atom. The van der Waals surface area contributed by atoms with Crippen molar-refractivity contribution in [3.8, 4) is 0 Å². The van der Waals surface area contributed by atoms with E-state index in [1.54, 1.807) is 6.07 Å². The first kappa shape index (κ1) is 15.8. The predicted molar refractivity (Wildman–Crippen MR) is 84.7 cm³/mol. The average Bonchev–Trinajstić information content (AvgIpc) is 2.47. The fourth-order valence-corrected chi connectivity index (χ4v) is 2.83. The lowest BCUT2D eigenvalue weighted by molar-refractivity contribution is 0.173. The van der Waals surface area contributed by atoms with Crippen molar-refractivity contribution >= 4 is 11.8 Å². The van der Waals surface area contributed by atoms with Gasteiger partial charge in [0.1, 0.15) is 0 Å². The zero-order valence-electron chi connectivity index (χ0n) is 12.3. The summed E-state index contributed by atoms with van der Waals surface area (Å²) in [5.74, 6) is 0. The fraction of sp³-hybridized carbons (Fsp3) is 0.375. The minimum atomic E-state index is -0.421. The number of aromatic nitrogens is 2. The van der Waals surface area contributed by atoms with Crippen LogP contribution < -0.4 is 5.56 Å². The minimum Gasteiger partial charge on any atom is -0.388 e. The summed E-state index contributed by atoms with van der Waals surface area (Å²) in [6, 6.07) is 9.24. The van der Waals surface area contributed by atoms with Gasteiger partial charge in [-0.05, 0) is 30.5 Å². The number of hydrogen-bond acceptors (Lipinski definition) is 4. The van der Waals surface area contributed by atoms with E-state index >= 15 is 0 Å². The largest absolute Gasteiger partial charge is 0.388 e. The third-order valence-corrected chi connectivity index (χ3v) is 4.04. The van der Waals surface area contributed by atoms with Crippen LogP contribution in [0.2, 0.25) is 0 Å². The van der Waals surface area contributed by atoms with Crippen molar-refractivity contribution < 1.29 is 5.11 Å². The van der Waals surface area contributed by atoms with Crippen molar-refractivity contribution in [2.24, 2.45) is 0 Å². The lowest BCUT2D eigenvalue weighted by Gasteiger charge is -2.08. The molecule has 2 N–H and O–H groups in total. The number of nitrogens with one attached hydrogen (secondary N) is 1. The predicted octanol–water partition coefficient (Wildman–Crippen LogP) is 3.32. The molecule has 1 heterocycles. The van der Waals surface area contributed by atoms with Crippen LogP contribution in [-0.2, 0) is 6.42 Å². The summed E-state index contributed by atoms with van der Waals surface area (Å²) in [6.07, 6.45) is 2.04. The van der Waals surface area contributed by atoms with E-state index in [9.17, 15) is 9.90 Å². The molecule has 0 aliphatic carbocycles. The third kappa shape index (κ3) is 4.44. The highest BCUT2D eigenvalue weighted by Gasteiger charge is 2.06. The monoisotopic (exact) mass is 304 g/mol. The molecule has 0 amide bonds. The van der Waals surface area contributed by atoms with Crippen LogP contribution >= 0.6 is 11.8 Å². The first-order valence-electron chi connectivity index (χ1n) is 7.18. The SMILES string of the molecule is CCCc1cc(=O)[nH]c(Sc2ccc(C(O)CC)cc2)n1. The maximum atomic E-state index is 11.6. The number of aromatic amines is 1. The van der Waals surface area contributed by atoms with Gasteiger partial charge in [0.2, 0.25) is 0 Å². The molecule has 1 aromatic carbocycles. The maximum absolute atomic E-state index is 11.6. The zero-order chi connectivity index (χ0) is 15.2. The highest BCUT2D eigenvalue weighted by Crippen LogP contribution is 2.26. The van der Waals surface area contributed by atoms with Gasteiger partial charge >= 0.3 is 0 Å². The van der Waals surface area contributed by atoms with Gasteiger partial charge in [-0.1, -0.05) is 44.2 Å². The lowest BCUT2D eigenvalue weighted by atomic mass is 10.1. The molecule has 0 fully saturated rings. The van der Waals surface area contributed by atoms with Crippen molar-refractivity contribution in [3.05, 3.63) is 51.9 Å². The molecule has 1 atom stereocenters. The van der Waals surface area contributed by atoms with Crippen LogP contribution in [0.4, 0.5) is 0 Å². The minimum absolute atomic E-state index is 0.117. The van der Waals surface area contributed by atoms with Crippen molar-refractivity contribution in [1.82, 2.24) is 9.97 Å². The number of H-pyrrole nitrogens is 1. The summed E-state index contributed by atoms with van der Waals surface area (Å²) in [5, 5.41) is 10.4. The highest BCUT2D eigenvalue weighted by molar-refractivity contribution is 7.99. The van der Waals surface area contributed by atoms with Crippen molar-refractivity contribution in [2.75, 3.05) is 0 Å². The second-order valence-electron chi connectivity index (χ2n) is 4.89. The molecule has 0 saturated heterocycles. The Bertz CT molecular complexity index is 637. The zero-order valence-corrected chi connectivity index (χ0v) is 13.1. The fourth-order valence-electron chi connectivity index (χ4n) is 2.02. The molecule has 0 spiro atoms. The third-order valence-electron chi connectivity index (χ3n) is 3.15. The molecule has 2 aromatic rings. The first-order chi connectivity index (χ1) is 10.1. The maximum Gasteiger partial charge on any atom is 0.251 e. The molecule has 0 aliphatic rings. The Labute approximate surface area is 128 Å². The molecular weight excluding hydrogens is 284 g/mol. The van der Waals surface area contributed by atoms with Gasteiger partial charge in [-0.15, -0.1) is 0 Å². The standard InChI is InChI=1S/C16H20N2O2S/c1-3-5-12-10-15(20)18-16(17-12)21-13-8-6-11(7-9-13)14(19)4-2/h6-10,14,19H,3-5H2,1-2H3,(H,17,18,20). The van der Waals surface area contributed by atoms with E-state index in [-0.39, 0.29) is 5.56 Å². The molecule has 4 nitrogen and oxygen atoms in total. The topological polar surface area (TPSA) is 66.0 Å². The number of rotatable bonds is 6. The molecule has 1 unspecified atom stereocenters. The van der Waals surface area contributed by atoms with Crippen LogP contribution in [0.3, 0.4) is 0 Å². The van der Waals surface area contributed by atoms with E-state index in [2.05, 4.69) is 16.9 Å². The summed E-state index contributed by atoms with van der Waals surface area (Å²) >= 11 is 1.42. The van der Waals surface area contributed by atoms with Gasteiger partial charge in [0, 0.05) is 16.7 Å². The Hall–Kier alpha value is -1.59. The average molecular weight is 304 g/mol. The van der Waals surface area contributed by atoms with Gasteiger partial charge in [-0.25, -0.2) is 4.98 Å². The number of nitrogens with zero attached hydrogens (tertiary/aromatic N) is 1. The van der Waals surface area contributed by atoms with Gasteiger partial charge in [-0.2, -0.15) is 0 Å². The van der Waals surface area contributed by atoms with Crippen molar-refractivity contribution in [2.45, 2.75) is 49.3 Å². The van der Waals surface area contributed by atoms with Gasteiger partial charge in [0.15, 0.2) is 5.16 Å². The van der Waals surface area contributed by atoms with E-state index < -0.39 is 6.10 Å². The lowest BCUT2D eigenvalue weighted by Crippen LogP contribution is -2.09. The summed E-state index contributed by atoms with van der Waals surface area (Å²) in [5.41, 5.74) is 1.61. The second-order valence-corrected chi connectivity index (χ2v) is 5.95.